The third-order valence-electron chi connectivity index (χ3n) is 5.78. The Morgan fingerprint density at radius 2 is 1.80 bits per heavy atom. The van der Waals surface area contributed by atoms with Gasteiger partial charge >= 0.3 is 0 Å². The highest BCUT2D eigenvalue weighted by atomic mass is 16.5. The Kier molecular flexibility index (Phi) is 7.21. The number of para-hydroxylation sites is 1. The first-order chi connectivity index (χ1) is 14.8. The fourth-order valence-corrected chi connectivity index (χ4v) is 4.06. The molecule has 0 unspecified atom stereocenters. The molecule has 2 aliphatic rings. The molecule has 2 fully saturated rings. The number of carbonyl (C=O) groups is 1. The molecule has 2 aromatic rings. The van der Waals surface area contributed by atoms with Gasteiger partial charge in [0.05, 0.1) is 6.10 Å². The summed E-state index contributed by atoms with van der Waals surface area (Å²) in [4.78, 5) is 14.5. The standard InChI is InChI=1S/C24H31N3O3/c28-24(18-30-22-5-2-1-3-6-22)26-20-8-10-21(11-9-20)27-14-12-19(13-15-27)25-17-23-7-4-16-29-23/h1-3,5-6,8-11,19,23,25H,4,7,12-18H2,(H,26,28)/t23-/m0/s1. The molecule has 0 aliphatic carbocycles. The topological polar surface area (TPSA) is 62.8 Å². The number of rotatable bonds is 8. The quantitative estimate of drug-likeness (QED) is 0.699. The van der Waals surface area contributed by atoms with Crippen LogP contribution in [0.1, 0.15) is 25.7 Å². The lowest BCUT2D eigenvalue weighted by atomic mass is 10.0. The summed E-state index contributed by atoms with van der Waals surface area (Å²) in [5.74, 6) is 0.529. The number of hydrogen-bond donors (Lipinski definition) is 2. The largest absolute Gasteiger partial charge is 0.484 e. The molecular weight excluding hydrogens is 378 g/mol. The van der Waals surface area contributed by atoms with Crippen molar-refractivity contribution in [3.05, 3.63) is 54.6 Å². The minimum Gasteiger partial charge on any atom is -0.484 e. The predicted octanol–water partition coefficient (Wildman–Crippen LogP) is 3.44. The lowest BCUT2D eigenvalue weighted by Crippen LogP contribution is -2.44. The lowest BCUT2D eigenvalue weighted by molar-refractivity contribution is -0.118. The molecule has 0 saturated carbocycles. The monoisotopic (exact) mass is 409 g/mol. The van der Waals surface area contributed by atoms with E-state index in [1.165, 1.54) is 18.5 Å². The molecule has 2 heterocycles. The van der Waals surface area contributed by atoms with Crippen molar-refractivity contribution >= 4 is 17.3 Å². The van der Waals surface area contributed by atoms with Gasteiger partial charge in [0.25, 0.3) is 5.91 Å². The Balaban J connectivity index is 1.18. The van der Waals surface area contributed by atoms with Gasteiger partial charge in [-0.25, -0.2) is 0 Å². The van der Waals surface area contributed by atoms with Crippen molar-refractivity contribution < 1.29 is 14.3 Å². The van der Waals surface area contributed by atoms with Crippen LogP contribution in [0, 0.1) is 0 Å². The predicted molar refractivity (Wildman–Crippen MR) is 119 cm³/mol. The Morgan fingerprint density at radius 3 is 2.50 bits per heavy atom. The number of piperidine rings is 1. The van der Waals surface area contributed by atoms with Gasteiger partial charge in [-0.05, 0) is 62.1 Å². The highest BCUT2D eigenvalue weighted by Gasteiger charge is 2.21. The molecule has 2 saturated heterocycles. The van der Waals surface area contributed by atoms with E-state index >= 15 is 0 Å². The van der Waals surface area contributed by atoms with Gasteiger partial charge < -0.3 is 25.0 Å². The van der Waals surface area contributed by atoms with Crippen LogP contribution >= 0.6 is 0 Å². The number of carbonyl (C=O) groups excluding carboxylic acids is 1. The van der Waals surface area contributed by atoms with Gasteiger partial charge in [0, 0.05) is 43.7 Å². The Hall–Kier alpha value is -2.57. The molecular formula is C24H31N3O3. The van der Waals surface area contributed by atoms with E-state index in [4.69, 9.17) is 9.47 Å². The van der Waals surface area contributed by atoms with E-state index < -0.39 is 0 Å². The summed E-state index contributed by atoms with van der Waals surface area (Å²) in [5, 5.41) is 6.57. The molecule has 4 rings (SSSR count). The van der Waals surface area contributed by atoms with E-state index in [1.807, 2.05) is 42.5 Å². The first-order valence-electron chi connectivity index (χ1n) is 10.9. The minimum atomic E-state index is -0.162. The van der Waals surface area contributed by atoms with E-state index in [-0.39, 0.29) is 12.5 Å². The maximum atomic E-state index is 12.1. The fourth-order valence-electron chi connectivity index (χ4n) is 4.06. The van der Waals surface area contributed by atoms with Crippen LogP contribution in [-0.2, 0) is 9.53 Å². The molecule has 0 radical (unpaired) electrons. The molecule has 1 amide bonds. The molecule has 0 bridgehead atoms. The number of nitrogens with zero attached hydrogens (tertiary/aromatic N) is 1. The molecule has 0 aromatic heterocycles. The summed E-state index contributed by atoms with van der Waals surface area (Å²) in [5.41, 5.74) is 1.99. The molecule has 160 valence electrons. The second kappa shape index (κ2) is 10.5. The Morgan fingerprint density at radius 1 is 1.03 bits per heavy atom. The van der Waals surface area contributed by atoms with E-state index in [9.17, 15) is 4.79 Å². The van der Waals surface area contributed by atoms with Crippen LogP contribution in [-0.4, -0.2) is 50.9 Å². The zero-order valence-corrected chi connectivity index (χ0v) is 17.4. The molecule has 6 nitrogen and oxygen atoms in total. The molecule has 2 aliphatic heterocycles. The van der Waals surface area contributed by atoms with Gasteiger partial charge in [-0.2, -0.15) is 0 Å². The summed E-state index contributed by atoms with van der Waals surface area (Å²) in [6.45, 7) is 3.98. The summed E-state index contributed by atoms with van der Waals surface area (Å²) in [6.07, 6.45) is 5.07. The highest BCUT2D eigenvalue weighted by Crippen LogP contribution is 2.22. The van der Waals surface area contributed by atoms with Crippen molar-refractivity contribution in [3.63, 3.8) is 0 Å². The van der Waals surface area contributed by atoms with Crippen molar-refractivity contribution in [2.45, 2.75) is 37.8 Å². The SMILES string of the molecule is O=C(COc1ccccc1)Nc1ccc(N2CCC(NC[C@@H]3CCCO3)CC2)cc1. The number of nitrogens with one attached hydrogen (secondary N) is 2. The number of anilines is 2. The van der Waals surface area contributed by atoms with E-state index in [0.717, 1.165) is 44.8 Å². The maximum absolute atomic E-state index is 12.1. The summed E-state index contributed by atoms with van der Waals surface area (Å²) < 4.78 is 11.2. The fraction of sp³-hybridized carbons (Fsp3) is 0.458. The zero-order chi connectivity index (χ0) is 20.6. The van der Waals surface area contributed by atoms with Crippen LogP contribution in [0.25, 0.3) is 0 Å². The van der Waals surface area contributed by atoms with Gasteiger partial charge in [0.2, 0.25) is 0 Å². The second-order valence-electron chi connectivity index (χ2n) is 8.00. The van der Waals surface area contributed by atoms with Crippen LogP contribution in [0.5, 0.6) is 5.75 Å². The second-order valence-corrected chi connectivity index (χ2v) is 8.00. The number of hydrogen-bond acceptors (Lipinski definition) is 5. The maximum Gasteiger partial charge on any atom is 0.262 e. The Bertz CT molecular complexity index is 783. The van der Waals surface area contributed by atoms with Crippen LogP contribution in [0.2, 0.25) is 0 Å². The summed E-state index contributed by atoms with van der Waals surface area (Å²) >= 11 is 0. The molecule has 0 spiro atoms. The molecule has 2 aromatic carbocycles. The summed E-state index contributed by atoms with van der Waals surface area (Å²) in [7, 11) is 0. The normalized spacial score (nSPS) is 19.6. The van der Waals surface area contributed by atoms with E-state index in [2.05, 4.69) is 27.7 Å². The number of ether oxygens (including phenoxy) is 2. The van der Waals surface area contributed by atoms with Crippen LogP contribution in [0.3, 0.4) is 0 Å². The van der Waals surface area contributed by atoms with Crippen LogP contribution in [0.4, 0.5) is 11.4 Å². The van der Waals surface area contributed by atoms with Crippen molar-refractivity contribution in [1.29, 1.82) is 0 Å². The van der Waals surface area contributed by atoms with Crippen molar-refractivity contribution in [2.75, 3.05) is 43.1 Å². The van der Waals surface area contributed by atoms with E-state index in [0.29, 0.717) is 17.9 Å². The van der Waals surface area contributed by atoms with Gasteiger partial charge in [0.1, 0.15) is 5.75 Å². The van der Waals surface area contributed by atoms with Gasteiger partial charge in [-0.1, -0.05) is 18.2 Å². The third kappa shape index (κ3) is 5.97. The van der Waals surface area contributed by atoms with E-state index in [1.54, 1.807) is 0 Å². The average molecular weight is 410 g/mol. The molecule has 30 heavy (non-hydrogen) atoms. The average Bonchev–Trinajstić information content (AvgIpc) is 3.32. The van der Waals surface area contributed by atoms with Gasteiger partial charge in [-0.15, -0.1) is 0 Å². The minimum absolute atomic E-state index is 0.00181. The smallest absolute Gasteiger partial charge is 0.262 e. The summed E-state index contributed by atoms with van der Waals surface area (Å²) in [6, 6.07) is 18.0. The van der Waals surface area contributed by atoms with Crippen molar-refractivity contribution in [3.8, 4) is 5.75 Å². The van der Waals surface area contributed by atoms with Crippen molar-refractivity contribution in [2.24, 2.45) is 0 Å². The highest BCUT2D eigenvalue weighted by molar-refractivity contribution is 5.92. The molecule has 1 atom stereocenters. The Labute approximate surface area is 178 Å². The third-order valence-corrected chi connectivity index (χ3v) is 5.78. The molecule has 6 heteroatoms. The van der Waals surface area contributed by atoms with Gasteiger partial charge in [-0.3, -0.25) is 4.79 Å². The van der Waals surface area contributed by atoms with Gasteiger partial charge in [0.15, 0.2) is 6.61 Å². The lowest BCUT2D eigenvalue weighted by Gasteiger charge is -2.34. The first kappa shape index (κ1) is 20.7. The van der Waals surface area contributed by atoms with Crippen molar-refractivity contribution in [1.82, 2.24) is 5.32 Å². The number of amides is 1. The zero-order valence-electron chi connectivity index (χ0n) is 17.4. The van der Waals surface area contributed by atoms with Crippen LogP contribution < -0.4 is 20.3 Å². The first-order valence-corrected chi connectivity index (χ1v) is 10.9. The van der Waals surface area contributed by atoms with Crippen LogP contribution in [0.15, 0.2) is 54.6 Å². The number of benzene rings is 2. The molecule has 2 N–H and O–H groups in total.